The predicted molar refractivity (Wildman–Crippen MR) is 49.2 cm³/mol. The summed E-state index contributed by atoms with van der Waals surface area (Å²) >= 11 is 0. The van der Waals surface area contributed by atoms with Crippen LogP contribution in [0.3, 0.4) is 0 Å². The van der Waals surface area contributed by atoms with Gasteiger partial charge in [-0.05, 0) is 18.6 Å². The van der Waals surface area contributed by atoms with Gasteiger partial charge in [-0.3, -0.25) is 4.21 Å². The SMILES string of the molecule is NC1CCS(=O)c2c(F)ccc(F)c21. The summed E-state index contributed by atoms with van der Waals surface area (Å²) in [4.78, 5) is -0.0521. The average Bonchev–Trinajstić information content (AvgIpc) is 2.16. The molecule has 0 spiro atoms. The van der Waals surface area contributed by atoms with Crippen LogP contribution in [-0.2, 0) is 10.8 Å². The number of benzene rings is 1. The van der Waals surface area contributed by atoms with E-state index in [1.165, 1.54) is 0 Å². The second kappa shape index (κ2) is 3.40. The highest BCUT2D eigenvalue weighted by Crippen LogP contribution is 2.32. The molecule has 0 saturated heterocycles. The molecule has 2 unspecified atom stereocenters. The summed E-state index contributed by atoms with van der Waals surface area (Å²) in [5, 5.41) is 0. The van der Waals surface area contributed by atoms with Gasteiger partial charge in [0.1, 0.15) is 11.6 Å². The Morgan fingerprint density at radius 3 is 2.64 bits per heavy atom. The summed E-state index contributed by atoms with van der Waals surface area (Å²) in [7, 11) is -1.45. The first-order valence-electron chi connectivity index (χ1n) is 4.23. The maximum atomic E-state index is 13.3. The molecule has 0 amide bonds. The first-order chi connectivity index (χ1) is 6.61. The number of nitrogens with two attached hydrogens (primary N) is 1. The third kappa shape index (κ3) is 1.36. The number of fused-ring (bicyclic) bond motifs is 1. The zero-order chi connectivity index (χ0) is 10.3. The normalized spacial score (nSPS) is 25.9. The molecule has 76 valence electrons. The van der Waals surface area contributed by atoms with Crippen LogP contribution in [0.25, 0.3) is 0 Å². The van der Waals surface area contributed by atoms with Crippen LogP contribution in [0.15, 0.2) is 17.0 Å². The van der Waals surface area contributed by atoms with E-state index in [0.29, 0.717) is 12.2 Å². The van der Waals surface area contributed by atoms with Crippen molar-refractivity contribution in [2.24, 2.45) is 5.73 Å². The van der Waals surface area contributed by atoms with Gasteiger partial charge >= 0.3 is 0 Å². The van der Waals surface area contributed by atoms with Gasteiger partial charge in [-0.25, -0.2) is 8.78 Å². The lowest BCUT2D eigenvalue weighted by Gasteiger charge is -2.22. The van der Waals surface area contributed by atoms with Crippen molar-refractivity contribution in [3.8, 4) is 0 Å². The fraction of sp³-hybridized carbons (Fsp3) is 0.333. The quantitative estimate of drug-likeness (QED) is 0.715. The highest BCUT2D eigenvalue weighted by atomic mass is 32.2. The molecular formula is C9H9F2NOS. The van der Waals surface area contributed by atoms with E-state index >= 15 is 0 Å². The van der Waals surface area contributed by atoms with E-state index in [4.69, 9.17) is 5.73 Å². The molecule has 1 aromatic rings. The molecule has 2 nitrogen and oxygen atoms in total. The van der Waals surface area contributed by atoms with E-state index in [-0.39, 0.29) is 10.5 Å². The molecule has 0 aliphatic carbocycles. The summed E-state index contributed by atoms with van der Waals surface area (Å²) in [6.45, 7) is 0. The lowest BCUT2D eigenvalue weighted by molar-refractivity contribution is 0.520. The molecule has 0 bridgehead atoms. The van der Waals surface area contributed by atoms with Gasteiger partial charge in [0, 0.05) is 17.4 Å². The fourth-order valence-corrected chi connectivity index (χ4v) is 3.06. The van der Waals surface area contributed by atoms with Gasteiger partial charge in [-0.15, -0.1) is 0 Å². The Morgan fingerprint density at radius 1 is 1.36 bits per heavy atom. The van der Waals surface area contributed by atoms with Crippen LogP contribution in [-0.4, -0.2) is 9.96 Å². The molecule has 0 saturated carbocycles. The van der Waals surface area contributed by atoms with E-state index in [1.807, 2.05) is 0 Å². The Balaban J connectivity index is 2.71. The van der Waals surface area contributed by atoms with Gasteiger partial charge in [0.2, 0.25) is 0 Å². The van der Waals surface area contributed by atoms with Crippen LogP contribution >= 0.6 is 0 Å². The minimum atomic E-state index is -1.45. The third-order valence-electron chi connectivity index (χ3n) is 2.31. The van der Waals surface area contributed by atoms with E-state index < -0.39 is 28.5 Å². The van der Waals surface area contributed by atoms with Crippen molar-refractivity contribution in [2.45, 2.75) is 17.4 Å². The molecule has 1 aliphatic rings. The molecule has 2 N–H and O–H groups in total. The Morgan fingerprint density at radius 2 is 2.00 bits per heavy atom. The van der Waals surface area contributed by atoms with Crippen molar-refractivity contribution < 1.29 is 13.0 Å². The minimum absolute atomic E-state index is 0.0521. The fourth-order valence-electron chi connectivity index (χ4n) is 1.61. The second-order valence-electron chi connectivity index (χ2n) is 3.22. The van der Waals surface area contributed by atoms with Gasteiger partial charge < -0.3 is 5.73 Å². The van der Waals surface area contributed by atoms with Crippen LogP contribution in [0, 0.1) is 11.6 Å². The van der Waals surface area contributed by atoms with Gasteiger partial charge in [-0.1, -0.05) is 0 Å². The molecular weight excluding hydrogens is 208 g/mol. The Hall–Kier alpha value is -0.810. The first kappa shape index (κ1) is 9.73. The van der Waals surface area contributed by atoms with E-state index in [0.717, 1.165) is 12.1 Å². The monoisotopic (exact) mass is 217 g/mol. The molecule has 1 aliphatic heterocycles. The van der Waals surface area contributed by atoms with Gasteiger partial charge in [-0.2, -0.15) is 0 Å². The minimum Gasteiger partial charge on any atom is -0.324 e. The van der Waals surface area contributed by atoms with Gasteiger partial charge in [0.05, 0.1) is 15.7 Å². The molecule has 2 rings (SSSR count). The summed E-state index contributed by atoms with van der Waals surface area (Å²) in [5.41, 5.74) is 5.72. The third-order valence-corrected chi connectivity index (χ3v) is 3.78. The lowest BCUT2D eigenvalue weighted by atomic mass is 10.0. The number of halogens is 2. The van der Waals surface area contributed by atoms with Crippen molar-refractivity contribution in [1.82, 2.24) is 0 Å². The maximum Gasteiger partial charge on any atom is 0.139 e. The Bertz CT molecular complexity index is 408. The number of hydrogen-bond donors (Lipinski definition) is 1. The molecule has 1 heterocycles. The van der Waals surface area contributed by atoms with Gasteiger partial charge in [0.25, 0.3) is 0 Å². The van der Waals surface area contributed by atoms with Crippen molar-refractivity contribution in [3.05, 3.63) is 29.3 Å². The Kier molecular flexibility index (Phi) is 2.36. The molecule has 1 aromatic carbocycles. The number of rotatable bonds is 0. The second-order valence-corrected chi connectivity index (χ2v) is 4.72. The lowest BCUT2D eigenvalue weighted by Crippen LogP contribution is -2.24. The average molecular weight is 217 g/mol. The Labute approximate surface area is 82.6 Å². The smallest absolute Gasteiger partial charge is 0.139 e. The maximum absolute atomic E-state index is 13.3. The van der Waals surface area contributed by atoms with Crippen LogP contribution in [0.2, 0.25) is 0 Å². The molecule has 0 fully saturated rings. The van der Waals surface area contributed by atoms with Crippen molar-refractivity contribution >= 4 is 10.8 Å². The van der Waals surface area contributed by atoms with E-state index in [9.17, 15) is 13.0 Å². The predicted octanol–water partition coefficient (Wildman–Crippen LogP) is 1.48. The molecule has 5 heteroatoms. The van der Waals surface area contributed by atoms with Crippen LogP contribution < -0.4 is 5.73 Å². The molecule has 0 aromatic heterocycles. The van der Waals surface area contributed by atoms with E-state index in [2.05, 4.69) is 0 Å². The highest BCUT2D eigenvalue weighted by Gasteiger charge is 2.28. The molecule has 14 heavy (non-hydrogen) atoms. The van der Waals surface area contributed by atoms with Crippen LogP contribution in [0.5, 0.6) is 0 Å². The zero-order valence-corrected chi connectivity index (χ0v) is 8.11. The topological polar surface area (TPSA) is 43.1 Å². The zero-order valence-electron chi connectivity index (χ0n) is 7.30. The van der Waals surface area contributed by atoms with Gasteiger partial charge in [0.15, 0.2) is 0 Å². The highest BCUT2D eigenvalue weighted by molar-refractivity contribution is 7.85. The largest absolute Gasteiger partial charge is 0.324 e. The van der Waals surface area contributed by atoms with Crippen molar-refractivity contribution in [1.29, 1.82) is 0 Å². The molecule has 0 radical (unpaired) electrons. The van der Waals surface area contributed by atoms with Crippen molar-refractivity contribution in [2.75, 3.05) is 5.75 Å². The van der Waals surface area contributed by atoms with E-state index in [1.54, 1.807) is 0 Å². The summed E-state index contributed by atoms with van der Waals surface area (Å²) in [6.07, 6.45) is 0.431. The standard InChI is InChI=1S/C9H9F2NOS/c10-5-1-2-6(11)9-8(5)7(12)3-4-14(9)13/h1-2,7H,3-4,12H2. The van der Waals surface area contributed by atoms with Crippen LogP contribution in [0.1, 0.15) is 18.0 Å². The first-order valence-corrected chi connectivity index (χ1v) is 5.55. The summed E-state index contributed by atoms with van der Waals surface area (Å²) in [6, 6.07) is 1.47. The number of hydrogen-bond acceptors (Lipinski definition) is 2. The summed E-state index contributed by atoms with van der Waals surface area (Å²) in [5.74, 6) is -0.897. The van der Waals surface area contributed by atoms with Crippen molar-refractivity contribution in [3.63, 3.8) is 0 Å². The molecule has 2 atom stereocenters. The van der Waals surface area contributed by atoms with Crippen LogP contribution in [0.4, 0.5) is 8.78 Å². The summed E-state index contributed by atoms with van der Waals surface area (Å²) < 4.78 is 38.0.